The van der Waals surface area contributed by atoms with E-state index in [4.69, 9.17) is 23.8 Å². The van der Waals surface area contributed by atoms with Gasteiger partial charge in [-0.25, -0.2) is 0 Å². The van der Waals surface area contributed by atoms with Crippen LogP contribution in [0.15, 0.2) is 29.4 Å². The molecule has 0 saturated carbocycles. The van der Waals surface area contributed by atoms with Crippen molar-refractivity contribution in [3.8, 4) is 23.0 Å². The summed E-state index contributed by atoms with van der Waals surface area (Å²) in [4.78, 5) is 31.4. The minimum absolute atomic E-state index is 0. The fourth-order valence-electron chi connectivity index (χ4n) is 5.22. The molecule has 9 heteroatoms. The lowest BCUT2D eigenvalue weighted by atomic mass is 9.61. The average Bonchev–Trinajstić information content (AvgIpc) is 3.49. The summed E-state index contributed by atoms with van der Waals surface area (Å²) in [5.41, 5.74) is 2.99. The van der Waals surface area contributed by atoms with Gasteiger partial charge in [0.1, 0.15) is 12.4 Å². The van der Waals surface area contributed by atoms with Crippen molar-refractivity contribution in [1.82, 2.24) is 0 Å². The molecule has 0 aromatic heterocycles. The summed E-state index contributed by atoms with van der Waals surface area (Å²) in [6.45, 7) is 6.18. The smallest absolute Gasteiger partial charge is 0.231 e. The first-order chi connectivity index (χ1) is 16.3. The maximum Gasteiger partial charge on any atom is 0.231 e. The molecule has 5 rings (SSSR count). The molecule has 36 heavy (non-hydrogen) atoms. The van der Waals surface area contributed by atoms with Crippen LogP contribution in [-0.4, -0.2) is 53.8 Å². The molecular formula is C27H33BNO7. The fraction of sp³-hybridized carbons (Fsp3) is 0.444. The first-order valence-corrected chi connectivity index (χ1v) is 11.2. The van der Waals surface area contributed by atoms with E-state index < -0.39 is 11.3 Å². The number of aldehydes is 1. The average molecular weight is 495 g/mol. The van der Waals surface area contributed by atoms with E-state index in [1.807, 2.05) is 39.0 Å². The van der Waals surface area contributed by atoms with Gasteiger partial charge in [-0.2, -0.15) is 0 Å². The molecule has 0 saturated heterocycles. The van der Waals surface area contributed by atoms with Crippen molar-refractivity contribution in [2.75, 3.05) is 27.6 Å². The highest BCUT2D eigenvalue weighted by Crippen LogP contribution is 2.52. The minimum atomic E-state index is -0.603. The Morgan fingerprint density at radius 2 is 1.81 bits per heavy atom. The second-order valence-corrected chi connectivity index (χ2v) is 9.75. The van der Waals surface area contributed by atoms with Crippen LogP contribution in [0.4, 0.5) is 0 Å². The van der Waals surface area contributed by atoms with Crippen molar-refractivity contribution < 1.29 is 34.8 Å². The van der Waals surface area contributed by atoms with Crippen molar-refractivity contribution in [2.24, 2.45) is 22.4 Å². The second kappa shape index (κ2) is 9.87. The maximum absolute atomic E-state index is 13.9. The van der Waals surface area contributed by atoms with Crippen LogP contribution in [0, 0.1) is 17.3 Å². The topological polar surface area (TPSA) is 92.7 Å². The Hall–Kier alpha value is -3.49. The highest BCUT2D eigenvalue weighted by Gasteiger charge is 2.50. The Morgan fingerprint density at radius 1 is 1.11 bits per heavy atom. The number of carbonyl (C=O) groups excluding carboxylic acids is 2. The summed E-state index contributed by atoms with van der Waals surface area (Å²) < 4.78 is 22.3. The monoisotopic (exact) mass is 495 g/mol. The van der Waals surface area contributed by atoms with Gasteiger partial charge in [-0.1, -0.05) is 33.4 Å². The van der Waals surface area contributed by atoms with Crippen molar-refractivity contribution >= 4 is 26.2 Å². The number of benzene rings is 2. The van der Waals surface area contributed by atoms with Crippen LogP contribution < -0.4 is 18.9 Å². The first kappa shape index (κ1) is 27.1. The Kier molecular flexibility index (Phi) is 7.44. The highest BCUT2D eigenvalue weighted by atomic mass is 16.7. The largest absolute Gasteiger partial charge is 0.493 e. The Bertz CT molecular complexity index is 1220. The van der Waals surface area contributed by atoms with Gasteiger partial charge in [0.05, 0.1) is 31.4 Å². The van der Waals surface area contributed by atoms with Crippen LogP contribution >= 0.6 is 0 Å². The van der Waals surface area contributed by atoms with Gasteiger partial charge in [-0.3, -0.25) is 9.59 Å². The molecule has 0 fully saturated rings. The number of ether oxygens (including phenoxy) is 4. The van der Waals surface area contributed by atoms with Gasteiger partial charge in [0.2, 0.25) is 6.79 Å². The molecule has 0 spiro atoms. The van der Waals surface area contributed by atoms with E-state index in [-0.39, 0.29) is 41.7 Å². The van der Waals surface area contributed by atoms with Gasteiger partial charge in [-0.15, -0.1) is 0 Å². The molecule has 1 aliphatic carbocycles. The molecule has 2 heterocycles. The van der Waals surface area contributed by atoms with Crippen molar-refractivity contribution in [3.63, 3.8) is 0 Å². The molecule has 2 aromatic carbocycles. The molecule has 3 atom stereocenters. The number of nitrogens with zero attached hydrogens (tertiary/aromatic N) is 1. The van der Waals surface area contributed by atoms with E-state index in [1.165, 1.54) is 14.2 Å². The molecule has 2 aromatic rings. The molecule has 8 nitrogen and oxygen atoms in total. The molecule has 191 valence electrons. The molecule has 2 aliphatic heterocycles. The standard InChI is InChI=1S/C26H27NO7.CH4.B.H2/c1-26(2,3)25(29)22-17-11-34-27-23(17)16-9-19-18(32-12-33-19)8-15(16)21(22)13-6-14(10-28)24(31-5)20(7-13)30-4;;;/h6-10,17,21-22H,11-12H2,1-5H3;1H4;;1H/t17-,21+,22-;;;/m0.../s1/i;;;1+1. The van der Waals surface area contributed by atoms with Crippen LogP contribution in [-0.2, 0) is 9.63 Å². The predicted molar refractivity (Wildman–Crippen MR) is 138 cm³/mol. The number of ketones is 1. The number of fused-ring (bicyclic) bond motifs is 4. The van der Waals surface area contributed by atoms with Gasteiger partial charge < -0.3 is 23.8 Å². The number of methoxy groups -OCH3 is 2. The number of Topliss-reactive ketones (excluding diaryl/α,β-unsaturated/α-hetero) is 1. The highest BCUT2D eigenvalue weighted by molar-refractivity contribution is 6.09. The SMILES string of the molecule is C.COc1cc([C@@H]2c3cc4c(cc3C3=NOC[C@H]3[C@@H]2C(=O)C(C)(C)C)OCO4)cc(C=O)c1OC.[2HH].[B]. The van der Waals surface area contributed by atoms with Crippen molar-refractivity contribution in [1.29, 1.82) is 0 Å². The molecule has 0 N–H and O–H groups in total. The second-order valence-electron chi connectivity index (χ2n) is 9.75. The third kappa shape index (κ3) is 4.10. The maximum atomic E-state index is 13.9. The molecule has 0 unspecified atom stereocenters. The van der Waals surface area contributed by atoms with E-state index in [2.05, 4.69) is 5.16 Å². The third-order valence-electron chi connectivity index (χ3n) is 6.77. The summed E-state index contributed by atoms with van der Waals surface area (Å²) >= 11 is 0. The summed E-state index contributed by atoms with van der Waals surface area (Å²) in [7, 11) is 3.02. The van der Waals surface area contributed by atoms with Crippen LogP contribution in [0.1, 0.15) is 62.6 Å². The van der Waals surface area contributed by atoms with E-state index in [0.29, 0.717) is 35.2 Å². The summed E-state index contributed by atoms with van der Waals surface area (Å²) in [5, 5.41) is 4.33. The van der Waals surface area contributed by atoms with Crippen LogP contribution in [0.2, 0.25) is 0 Å². The number of carbonyl (C=O) groups is 2. The molecule has 3 radical (unpaired) electrons. The summed E-state index contributed by atoms with van der Waals surface area (Å²) in [6, 6.07) is 7.43. The number of rotatable bonds is 5. The fourth-order valence-corrected chi connectivity index (χ4v) is 5.22. The quantitative estimate of drug-likeness (QED) is 0.446. The predicted octanol–water partition coefficient (Wildman–Crippen LogP) is 4.47. The zero-order chi connectivity index (χ0) is 24.2. The Morgan fingerprint density at radius 3 is 2.42 bits per heavy atom. The zero-order valence-corrected chi connectivity index (χ0v) is 20.4. The lowest BCUT2D eigenvalue weighted by Gasteiger charge is -2.39. The first-order valence-electron chi connectivity index (χ1n) is 11.2. The number of hydrogen-bond donors (Lipinski definition) is 0. The van der Waals surface area contributed by atoms with E-state index in [9.17, 15) is 9.59 Å². The third-order valence-corrected chi connectivity index (χ3v) is 6.77. The van der Waals surface area contributed by atoms with Gasteiger partial charge >= 0.3 is 0 Å². The summed E-state index contributed by atoms with van der Waals surface area (Å²) in [6.07, 6.45) is 0.736. The Balaban J connectivity index is 0.00000160. The summed E-state index contributed by atoms with van der Waals surface area (Å²) in [5.74, 6) is 1.02. The normalized spacial score (nSPS) is 21.0. The lowest BCUT2D eigenvalue weighted by Crippen LogP contribution is -2.44. The van der Waals surface area contributed by atoms with Crippen molar-refractivity contribution in [3.05, 3.63) is 46.5 Å². The minimum Gasteiger partial charge on any atom is -0.493 e. The molecule has 0 amide bonds. The van der Waals surface area contributed by atoms with Crippen LogP contribution in [0.3, 0.4) is 0 Å². The zero-order valence-electron chi connectivity index (χ0n) is 20.4. The van der Waals surface area contributed by atoms with Gasteiger partial charge in [-0.05, 0) is 35.4 Å². The molecule has 0 bridgehead atoms. The number of hydrogen-bond acceptors (Lipinski definition) is 8. The number of oxime groups is 1. The van der Waals surface area contributed by atoms with E-state index in [1.54, 1.807) is 6.07 Å². The van der Waals surface area contributed by atoms with Crippen molar-refractivity contribution in [2.45, 2.75) is 34.1 Å². The molecule has 3 aliphatic rings. The van der Waals surface area contributed by atoms with Gasteiger partial charge in [0, 0.05) is 32.7 Å². The van der Waals surface area contributed by atoms with Crippen LogP contribution in [0.25, 0.3) is 0 Å². The Labute approximate surface area is 214 Å². The molecular weight excluding hydrogens is 461 g/mol. The van der Waals surface area contributed by atoms with E-state index in [0.717, 1.165) is 28.7 Å². The van der Waals surface area contributed by atoms with Gasteiger partial charge in [0.25, 0.3) is 0 Å². The van der Waals surface area contributed by atoms with Crippen LogP contribution in [0.5, 0.6) is 23.0 Å². The van der Waals surface area contributed by atoms with Gasteiger partial charge in [0.15, 0.2) is 29.3 Å². The van der Waals surface area contributed by atoms with E-state index >= 15 is 0 Å². The lowest BCUT2D eigenvalue weighted by molar-refractivity contribution is -0.132.